The number of carbonyl (C=O) groups is 1. The second kappa shape index (κ2) is 17.5. The molecule has 0 saturated carbocycles. The highest BCUT2D eigenvalue weighted by atomic mass is 28.5. The number of hydrogen-bond acceptors (Lipinski definition) is 4. The second-order valence-corrected chi connectivity index (χ2v) is 30.2. The van der Waals surface area contributed by atoms with Gasteiger partial charge in [-0.3, -0.25) is 4.79 Å². The Morgan fingerprint density at radius 3 is 1.42 bits per heavy atom. The lowest BCUT2D eigenvalue weighted by molar-refractivity contribution is -0.117. The van der Waals surface area contributed by atoms with Crippen molar-refractivity contribution in [3.05, 3.63) is 12.2 Å². The Morgan fingerprint density at radius 2 is 1.03 bits per heavy atom. The quantitative estimate of drug-likeness (QED) is 0.0795. The van der Waals surface area contributed by atoms with E-state index in [0.29, 0.717) is 12.1 Å². The van der Waals surface area contributed by atoms with Gasteiger partial charge in [0.05, 0.1) is 0 Å². The van der Waals surface area contributed by atoms with Crippen molar-refractivity contribution >= 4 is 39.7 Å². The number of unbranched alkanes of at least 4 members (excludes halogenated alkanes) is 9. The molecule has 0 fully saturated rings. The molecule has 0 aromatic heterocycles. The maximum absolute atomic E-state index is 12.6. The first kappa shape index (κ1) is 36.0. The fourth-order valence-corrected chi connectivity index (χ4v) is 18.8. The minimum Gasteiger partial charge on any atom is -0.417 e. The third kappa shape index (κ3) is 21.0. The van der Waals surface area contributed by atoms with Crippen molar-refractivity contribution in [3.63, 3.8) is 0 Å². The first-order valence-corrected chi connectivity index (χ1v) is 26.7. The average Bonchev–Trinajstić information content (AvgIpc) is 2.68. The van der Waals surface area contributed by atoms with E-state index in [9.17, 15) is 4.79 Å². The van der Waals surface area contributed by atoms with Gasteiger partial charge in [-0.2, -0.15) is 0 Å². The van der Waals surface area contributed by atoms with Crippen molar-refractivity contribution in [2.75, 3.05) is 6.54 Å². The van der Waals surface area contributed by atoms with E-state index in [1.54, 1.807) is 0 Å². The zero-order valence-electron chi connectivity index (χ0n) is 25.7. The molecule has 0 radical (unpaired) electrons. The van der Waals surface area contributed by atoms with E-state index in [2.05, 4.69) is 77.7 Å². The van der Waals surface area contributed by atoms with Crippen LogP contribution in [-0.2, 0) is 17.1 Å². The van der Waals surface area contributed by atoms with Gasteiger partial charge in [0, 0.05) is 18.2 Å². The monoisotopic (exact) mass is 575 g/mol. The maximum Gasteiger partial charge on any atom is 0.469 e. The molecule has 0 aromatic carbocycles. The smallest absolute Gasteiger partial charge is 0.417 e. The molecule has 0 aliphatic heterocycles. The van der Waals surface area contributed by atoms with Crippen LogP contribution in [0.1, 0.15) is 84.0 Å². The molecular formula is C27H61NO4Si4. The SMILES string of the molecule is C=C(CCCCCCCCCCCC)C(=O)NCCC[Si](O[Si](C)(C)C)(O[Si](C)(C)C)O[Si](C)(C)C. The Bertz CT molecular complexity index is 584. The molecule has 5 nitrogen and oxygen atoms in total. The van der Waals surface area contributed by atoms with Crippen molar-refractivity contribution < 1.29 is 17.1 Å². The molecule has 1 N–H and O–H groups in total. The van der Waals surface area contributed by atoms with E-state index in [4.69, 9.17) is 12.3 Å². The normalized spacial score (nSPS) is 13.2. The van der Waals surface area contributed by atoms with Crippen molar-refractivity contribution in [1.29, 1.82) is 0 Å². The molecule has 0 aliphatic rings. The molecule has 0 aromatic rings. The zero-order valence-corrected chi connectivity index (χ0v) is 29.7. The third-order valence-corrected chi connectivity index (χ3v) is 17.5. The van der Waals surface area contributed by atoms with Gasteiger partial charge in [-0.25, -0.2) is 0 Å². The molecular weight excluding hydrogens is 515 g/mol. The number of hydrogen-bond donors (Lipinski definition) is 1. The predicted molar refractivity (Wildman–Crippen MR) is 167 cm³/mol. The lowest BCUT2D eigenvalue weighted by Crippen LogP contribution is -2.60. The van der Waals surface area contributed by atoms with E-state index in [-0.39, 0.29) is 5.91 Å². The Hall–Kier alpha value is -0.0425. The van der Waals surface area contributed by atoms with Crippen LogP contribution < -0.4 is 5.32 Å². The first-order valence-electron chi connectivity index (χ1n) is 14.6. The summed E-state index contributed by atoms with van der Waals surface area (Å²) < 4.78 is 20.2. The van der Waals surface area contributed by atoms with Crippen molar-refractivity contribution in [2.45, 2.75) is 149 Å². The standard InChI is InChI=1S/C27H61NO4Si4/c1-12-13-14-15-16-17-18-19-20-21-23-26(2)27(29)28-24-22-25-36(30-33(3,4)5,31-34(6,7)8)32-35(9,10)11/h2,12-25H2,1,3-11H3,(H,28,29). The summed E-state index contributed by atoms with van der Waals surface area (Å²) in [6, 6.07) is 0.747. The molecule has 0 aliphatic carbocycles. The zero-order chi connectivity index (χ0) is 27.9. The molecule has 1 amide bonds. The van der Waals surface area contributed by atoms with E-state index in [1.165, 1.54) is 57.8 Å². The molecule has 9 heteroatoms. The Labute approximate surface area is 229 Å². The molecule has 214 valence electrons. The Balaban J connectivity index is 4.52. The van der Waals surface area contributed by atoms with Crippen molar-refractivity contribution in [3.8, 4) is 0 Å². The second-order valence-electron chi connectivity index (χ2n) is 13.2. The largest absolute Gasteiger partial charge is 0.469 e. The Kier molecular flexibility index (Phi) is 17.5. The van der Waals surface area contributed by atoms with Crippen LogP contribution in [0.3, 0.4) is 0 Å². The van der Waals surface area contributed by atoms with Crippen LogP contribution in [0.15, 0.2) is 12.2 Å². The van der Waals surface area contributed by atoms with Gasteiger partial charge in [0.2, 0.25) is 5.91 Å². The lowest BCUT2D eigenvalue weighted by atomic mass is 10.0. The number of nitrogens with one attached hydrogen (secondary N) is 1. The van der Waals surface area contributed by atoms with Gasteiger partial charge >= 0.3 is 8.80 Å². The van der Waals surface area contributed by atoms with E-state index >= 15 is 0 Å². The van der Waals surface area contributed by atoms with Gasteiger partial charge in [0.15, 0.2) is 25.0 Å². The van der Waals surface area contributed by atoms with Gasteiger partial charge in [0.25, 0.3) is 0 Å². The van der Waals surface area contributed by atoms with Gasteiger partial charge < -0.3 is 17.7 Å². The highest BCUT2D eigenvalue weighted by Gasteiger charge is 2.49. The lowest BCUT2D eigenvalue weighted by Gasteiger charge is -2.43. The van der Waals surface area contributed by atoms with Gasteiger partial charge in [-0.15, -0.1) is 0 Å². The fraction of sp³-hybridized carbons (Fsp3) is 0.889. The molecule has 0 spiro atoms. The number of rotatable bonds is 22. The third-order valence-electron chi connectivity index (χ3n) is 5.48. The molecule has 0 rings (SSSR count). The summed E-state index contributed by atoms with van der Waals surface area (Å²) in [6.07, 6.45) is 14.6. The van der Waals surface area contributed by atoms with E-state index in [1.807, 2.05) is 0 Å². The van der Waals surface area contributed by atoms with Crippen molar-refractivity contribution in [1.82, 2.24) is 5.32 Å². The summed E-state index contributed by atoms with van der Waals surface area (Å²) in [5.41, 5.74) is 0.702. The predicted octanol–water partition coefficient (Wildman–Crippen LogP) is 8.85. The summed E-state index contributed by atoms with van der Waals surface area (Å²) in [5, 5.41) is 3.08. The Morgan fingerprint density at radius 1 is 0.639 bits per heavy atom. The molecule has 36 heavy (non-hydrogen) atoms. The van der Waals surface area contributed by atoms with Gasteiger partial charge in [0.1, 0.15) is 0 Å². The summed E-state index contributed by atoms with van der Waals surface area (Å²) in [6.45, 7) is 26.7. The highest BCUT2D eigenvalue weighted by Crippen LogP contribution is 2.29. The van der Waals surface area contributed by atoms with E-state index in [0.717, 1.165) is 25.3 Å². The van der Waals surface area contributed by atoms with Crippen LogP contribution in [-0.4, -0.2) is 46.2 Å². The van der Waals surface area contributed by atoms with Crippen LogP contribution in [0.25, 0.3) is 0 Å². The summed E-state index contributed by atoms with van der Waals surface area (Å²) in [4.78, 5) is 12.6. The summed E-state index contributed by atoms with van der Waals surface area (Å²) in [5.74, 6) is -0.0125. The molecule has 0 saturated heterocycles. The molecule has 0 atom stereocenters. The van der Waals surface area contributed by atoms with Crippen LogP contribution in [0.5, 0.6) is 0 Å². The number of carbonyl (C=O) groups excluding carboxylic acids is 1. The first-order chi connectivity index (χ1) is 16.5. The van der Waals surface area contributed by atoms with Crippen LogP contribution in [0, 0.1) is 0 Å². The van der Waals surface area contributed by atoms with Crippen LogP contribution in [0.2, 0.25) is 65.0 Å². The molecule has 0 bridgehead atoms. The summed E-state index contributed by atoms with van der Waals surface area (Å²) in [7, 11) is -8.45. The summed E-state index contributed by atoms with van der Waals surface area (Å²) >= 11 is 0. The highest BCUT2D eigenvalue weighted by molar-refractivity contribution is 6.90. The van der Waals surface area contributed by atoms with Crippen LogP contribution in [0.4, 0.5) is 0 Å². The minimum atomic E-state index is -2.84. The van der Waals surface area contributed by atoms with E-state index < -0.39 is 33.8 Å². The molecule has 0 unspecified atom stereocenters. The van der Waals surface area contributed by atoms with Gasteiger partial charge in [-0.05, 0) is 78.2 Å². The van der Waals surface area contributed by atoms with Crippen molar-refractivity contribution in [2.24, 2.45) is 0 Å². The minimum absolute atomic E-state index is 0.0125. The topological polar surface area (TPSA) is 56.8 Å². The van der Waals surface area contributed by atoms with Crippen LogP contribution >= 0.6 is 0 Å². The van der Waals surface area contributed by atoms with Gasteiger partial charge in [-0.1, -0.05) is 71.3 Å². The number of amides is 1. The fourth-order valence-electron chi connectivity index (χ4n) is 4.19. The maximum atomic E-state index is 12.6. The average molecular weight is 576 g/mol. The molecule has 0 heterocycles.